The summed E-state index contributed by atoms with van der Waals surface area (Å²) in [7, 11) is 0. The molecule has 1 aromatic heterocycles. The second-order valence-corrected chi connectivity index (χ2v) is 5.27. The zero-order valence-corrected chi connectivity index (χ0v) is 13.0. The van der Waals surface area contributed by atoms with Crippen LogP contribution in [0.15, 0.2) is 47.1 Å². The summed E-state index contributed by atoms with van der Waals surface area (Å²) >= 11 is 0. The third-order valence-corrected chi connectivity index (χ3v) is 3.28. The highest BCUT2D eigenvalue weighted by Gasteiger charge is 2.10. The normalized spacial score (nSPS) is 11.7. The van der Waals surface area contributed by atoms with E-state index in [9.17, 15) is 9.59 Å². The van der Waals surface area contributed by atoms with Gasteiger partial charge >= 0.3 is 0 Å². The first-order chi connectivity index (χ1) is 11.0. The number of carbonyl (C=O) groups excluding carboxylic acids is 2. The molecular formula is C17H20N2O4. The molecule has 0 spiro atoms. The average molecular weight is 316 g/mol. The van der Waals surface area contributed by atoms with E-state index in [1.165, 1.54) is 0 Å². The summed E-state index contributed by atoms with van der Waals surface area (Å²) in [5.74, 6) is 0.698. The van der Waals surface area contributed by atoms with Crippen LogP contribution in [0.2, 0.25) is 0 Å². The first-order valence-electron chi connectivity index (χ1n) is 7.39. The van der Waals surface area contributed by atoms with Crippen molar-refractivity contribution in [2.75, 3.05) is 6.61 Å². The molecule has 6 nitrogen and oxygen atoms in total. The molecule has 1 aromatic carbocycles. The number of aryl methyl sites for hydroxylation is 1. The van der Waals surface area contributed by atoms with Gasteiger partial charge < -0.3 is 20.2 Å². The summed E-state index contributed by atoms with van der Waals surface area (Å²) < 4.78 is 10.4. The Morgan fingerprint density at radius 2 is 2.00 bits per heavy atom. The molecule has 2 aromatic rings. The molecule has 23 heavy (non-hydrogen) atoms. The number of primary amides is 1. The van der Waals surface area contributed by atoms with Crippen LogP contribution in [0.3, 0.4) is 0 Å². The van der Waals surface area contributed by atoms with Gasteiger partial charge in [-0.25, -0.2) is 0 Å². The number of benzene rings is 1. The topological polar surface area (TPSA) is 94.6 Å². The molecular weight excluding hydrogens is 296 g/mol. The lowest BCUT2D eigenvalue weighted by Crippen LogP contribution is -2.32. The number of carbonyl (C=O) groups is 2. The molecule has 0 bridgehead atoms. The fourth-order valence-corrected chi connectivity index (χ4v) is 2.05. The van der Waals surface area contributed by atoms with E-state index in [2.05, 4.69) is 5.32 Å². The number of nitrogens with two attached hydrogens (primary N) is 1. The number of ether oxygens (including phenoxy) is 1. The number of furan rings is 1. The third-order valence-electron chi connectivity index (χ3n) is 3.28. The Balaban J connectivity index is 1.81. The van der Waals surface area contributed by atoms with Gasteiger partial charge in [0.1, 0.15) is 11.5 Å². The Kier molecular flexibility index (Phi) is 5.80. The molecule has 0 saturated carbocycles. The zero-order valence-electron chi connectivity index (χ0n) is 13.0. The van der Waals surface area contributed by atoms with E-state index < -0.39 is 5.91 Å². The molecule has 0 unspecified atom stereocenters. The molecule has 2 rings (SSSR count). The van der Waals surface area contributed by atoms with Crippen LogP contribution in [0, 0.1) is 0 Å². The van der Waals surface area contributed by atoms with Crippen molar-refractivity contribution in [3.63, 3.8) is 0 Å². The third kappa shape index (κ3) is 5.50. The van der Waals surface area contributed by atoms with Crippen molar-refractivity contribution in [1.29, 1.82) is 0 Å². The number of hydrogen-bond acceptors (Lipinski definition) is 4. The fourth-order valence-electron chi connectivity index (χ4n) is 2.05. The van der Waals surface area contributed by atoms with Gasteiger partial charge in [0.2, 0.25) is 0 Å². The minimum absolute atomic E-state index is 0.0263. The van der Waals surface area contributed by atoms with Gasteiger partial charge in [-0.2, -0.15) is 0 Å². The molecule has 0 aliphatic heterocycles. The van der Waals surface area contributed by atoms with E-state index >= 15 is 0 Å². The molecule has 1 heterocycles. The molecule has 0 aliphatic carbocycles. The summed E-state index contributed by atoms with van der Waals surface area (Å²) in [6.45, 7) is 1.76. The van der Waals surface area contributed by atoms with Crippen LogP contribution in [0.5, 0.6) is 5.75 Å². The molecule has 2 amide bonds. The van der Waals surface area contributed by atoms with Crippen molar-refractivity contribution >= 4 is 11.8 Å². The summed E-state index contributed by atoms with van der Waals surface area (Å²) in [6.07, 6.45) is 3.20. The van der Waals surface area contributed by atoms with Crippen molar-refractivity contribution in [3.05, 3.63) is 54.0 Å². The molecule has 1 atom stereocenters. The average Bonchev–Trinajstić information content (AvgIpc) is 3.05. The van der Waals surface area contributed by atoms with Crippen LogP contribution >= 0.6 is 0 Å². The van der Waals surface area contributed by atoms with Crippen molar-refractivity contribution in [2.24, 2.45) is 5.73 Å². The predicted octanol–water partition coefficient (Wildman–Crippen LogP) is 1.89. The Morgan fingerprint density at radius 3 is 2.61 bits per heavy atom. The lowest BCUT2D eigenvalue weighted by Gasteiger charge is -2.13. The molecule has 3 N–H and O–H groups in total. The van der Waals surface area contributed by atoms with E-state index in [-0.39, 0.29) is 18.6 Å². The number of hydrogen-bond donors (Lipinski definition) is 2. The van der Waals surface area contributed by atoms with Crippen LogP contribution in [-0.4, -0.2) is 24.5 Å². The van der Waals surface area contributed by atoms with Crippen LogP contribution in [0.4, 0.5) is 0 Å². The van der Waals surface area contributed by atoms with Gasteiger partial charge in [0, 0.05) is 18.0 Å². The first-order valence-corrected chi connectivity index (χ1v) is 7.39. The van der Waals surface area contributed by atoms with Crippen LogP contribution < -0.4 is 15.8 Å². The van der Waals surface area contributed by atoms with Crippen molar-refractivity contribution in [1.82, 2.24) is 5.32 Å². The number of amides is 2. The van der Waals surface area contributed by atoms with Crippen LogP contribution in [0.1, 0.15) is 29.5 Å². The van der Waals surface area contributed by atoms with Gasteiger partial charge in [0.25, 0.3) is 11.8 Å². The van der Waals surface area contributed by atoms with Gasteiger partial charge in [-0.05, 0) is 49.7 Å². The highest BCUT2D eigenvalue weighted by atomic mass is 16.5. The summed E-state index contributed by atoms with van der Waals surface area (Å²) in [5.41, 5.74) is 5.53. The second-order valence-electron chi connectivity index (χ2n) is 5.27. The van der Waals surface area contributed by atoms with Crippen molar-refractivity contribution in [3.8, 4) is 5.75 Å². The lowest BCUT2D eigenvalue weighted by atomic mass is 10.1. The van der Waals surface area contributed by atoms with Gasteiger partial charge in [0.05, 0.1) is 6.26 Å². The molecule has 0 fully saturated rings. The molecule has 0 aliphatic rings. The Labute approximate surface area is 134 Å². The second kappa shape index (κ2) is 8.03. The number of nitrogens with one attached hydrogen (secondary N) is 1. The Hall–Kier alpha value is -2.76. The molecule has 122 valence electrons. The fraction of sp³-hybridized carbons (Fsp3) is 0.294. The van der Waals surface area contributed by atoms with Gasteiger partial charge in [-0.3, -0.25) is 9.59 Å². The minimum atomic E-state index is -0.544. The molecule has 6 heteroatoms. The standard InChI is InChI=1S/C17H20N2O4/c1-12(4-7-14-3-2-10-22-14)19-17(21)13-5-8-15(9-6-13)23-11-16(18)20/h2-3,5-6,8-10,12H,4,7,11H2,1H3,(H2,18,20)(H,19,21)/t12-/m0/s1. The van der Waals surface area contributed by atoms with Crippen LogP contribution in [0.25, 0.3) is 0 Å². The first kappa shape index (κ1) is 16.6. The van der Waals surface area contributed by atoms with Gasteiger partial charge in [0.15, 0.2) is 6.61 Å². The van der Waals surface area contributed by atoms with Gasteiger partial charge in [-0.1, -0.05) is 0 Å². The maximum absolute atomic E-state index is 12.1. The smallest absolute Gasteiger partial charge is 0.255 e. The maximum Gasteiger partial charge on any atom is 0.255 e. The van der Waals surface area contributed by atoms with Crippen molar-refractivity contribution in [2.45, 2.75) is 25.8 Å². The van der Waals surface area contributed by atoms with E-state index in [1.807, 2.05) is 19.1 Å². The van der Waals surface area contributed by atoms with E-state index in [4.69, 9.17) is 14.9 Å². The number of rotatable bonds is 8. The van der Waals surface area contributed by atoms with E-state index in [0.717, 1.165) is 18.6 Å². The quantitative estimate of drug-likeness (QED) is 0.777. The van der Waals surface area contributed by atoms with E-state index in [1.54, 1.807) is 30.5 Å². The summed E-state index contributed by atoms with van der Waals surface area (Å²) in [4.78, 5) is 22.8. The Morgan fingerprint density at radius 1 is 1.26 bits per heavy atom. The lowest BCUT2D eigenvalue weighted by molar-refractivity contribution is -0.119. The predicted molar refractivity (Wildman–Crippen MR) is 85.1 cm³/mol. The minimum Gasteiger partial charge on any atom is -0.484 e. The molecule has 0 radical (unpaired) electrons. The monoisotopic (exact) mass is 316 g/mol. The van der Waals surface area contributed by atoms with E-state index in [0.29, 0.717) is 11.3 Å². The summed E-state index contributed by atoms with van der Waals surface area (Å²) in [5, 5.41) is 2.93. The summed E-state index contributed by atoms with van der Waals surface area (Å²) in [6, 6.07) is 10.3. The Bertz CT molecular complexity index is 635. The SMILES string of the molecule is C[C@@H](CCc1ccco1)NC(=O)c1ccc(OCC(N)=O)cc1. The molecule has 0 saturated heterocycles. The largest absolute Gasteiger partial charge is 0.484 e. The maximum atomic E-state index is 12.1. The zero-order chi connectivity index (χ0) is 16.7. The highest BCUT2D eigenvalue weighted by Crippen LogP contribution is 2.12. The van der Waals surface area contributed by atoms with Crippen molar-refractivity contribution < 1.29 is 18.7 Å². The van der Waals surface area contributed by atoms with Crippen LogP contribution in [-0.2, 0) is 11.2 Å². The van der Waals surface area contributed by atoms with Gasteiger partial charge in [-0.15, -0.1) is 0 Å². The highest BCUT2D eigenvalue weighted by molar-refractivity contribution is 5.94.